The third kappa shape index (κ3) is 14.5. The minimum atomic E-state index is -5.71. The summed E-state index contributed by atoms with van der Waals surface area (Å²) in [6, 6.07) is 20.5. The topological polar surface area (TPSA) is 379 Å². The highest BCUT2D eigenvalue weighted by molar-refractivity contribution is 7.66. The zero-order valence-electron chi connectivity index (χ0n) is 44.2. The van der Waals surface area contributed by atoms with E-state index in [4.69, 9.17) is 56.4 Å². The van der Waals surface area contributed by atoms with Crippen molar-refractivity contribution in [2.24, 2.45) is 5.73 Å². The number of imidazole rings is 1. The Morgan fingerprint density at radius 1 is 0.756 bits per heavy atom. The predicted molar refractivity (Wildman–Crippen MR) is 280 cm³/mol. The molecule has 2 aromatic carbocycles. The van der Waals surface area contributed by atoms with Gasteiger partial charge in [-0.05, 0) is 39.4 Å². The van der Waals surface area contributed by atoms with Gasteiger partial charge in [0.25, 0.3) is 12.1 Å². The largest absolute Gasteiger partial charge is 0.606 e. The second-order valence-electron chi connectivity index (χ2n) is 20.0. The number of fused-ring (bicyclic) bond motifs is 1. The molecule has 5 heterocycles. The van der Waals surface area contributed by atoms with Gasteiger partial charge in [0, 0.05) is 10.4 Å². The van der Waals surface area contributed by atoms with Gasteiger partial charge in [-0.15, -0.1) is 0 Å². The summed E-state index contributed by atoms with van der Waals surface area (Å²) in [6.07, 6.45) is -7.35. The van der Waals surface area contributed by atoms with Gasteiger partial charge in [0.1, 0.15) is 68.3 Å². The van der Waals surface area contributed by atoms with Crippen LogP contribution in [0.3, 0.4) is 0 Å². The van der Waals surface area contributed by atoms with Gasteiger partial charge in [-0.3, -0.25) is 9.36 Å². The van der Waals surface area contributed by atoms with Crippen molar-refractivity contribution in [2.45, 2.75) is 140 Å². The summed E-state index contributed by atoms with van der Waals surface area (Å²) in [7, 11) is -23.8. The minimum Gasteiger partial charge on any atom is -0.606 e. The maximum Gasteiger partial charge on any atom is 0.434 e. The van der Waals surface area contributed by atoms with Crippen molar-refractivity contribution in [1.29, 1.82) is 0 Å². The molecule has 31 heteroatoms. The fraction of sp³-hybridized carbons (Fsp3) is 0.511. The lowest BCUT2D eigenvalue weighted by Gasteiger charge is -2.47. The summed E-state index contributed by atoms with van der Waals surface area (Å²) in [6.45, 7) is 12.4. The van der Waals surface area contributed by atoms with Crippen LogP contribution in [-0.4, -0.2) is 117 Å². The summed E-state index contributed by atoms with van der Waals surface area (Å²) in [5, 5.41) is 21.6. The minimum absolute atomic E-state index is 0.0103. The normalized spacial score (nSPS) is 23.9. The van der Waals surface area contributed by atoms with Crippen LogP contribution in [0.5, 0.6) is 0 Å². The van der Waals surface area contributed by atoms with Crippen molar-refractivity contribution in [3.8, 4) is 0 Å². The number of nitrogens with zero attached hydrogens (tertiary/aromatic N) is 5. The Bertz CT molecular complexity index is 2700. The highest BCUT2D eigenvalue weighted by Gasteiger charge is 2.62. The van der Waals surface area contributed by atoms with Crippen LogP contribution in [0.25, 0.3) is 11.2 Å². The maximum absolute atomic E-state index is 15.5. The summed E-state index contributed by atoms with van der Waals surface area (Å²) in [5.41, 5.74) is 11.5. The number of benzene rings is 2. The van der Waals surface area contributed by atoms with Gasteiger partial charge in [-0.25, -0.2) is 15.0 Å². The molecule has 2 aliphatic heterocycles. The third-order valence-electron chi connectivity index (χ3n) is 13.3. The molecule has 2 saturated heterocycles. The molecule has 0 aliphatic carbocycles. The van der Waals surface area contributed by atoms with Crippen molar-refractivity contribution in [1.82, 2.24) is 19.5 Å². The Hall–Kier alpha value is -3.59. The number of carbonyl (C=O) groups is 1. The molecular formula is C47H69N7O19P3Si2+. The molecule has 0 saturated carbocycles. The SMILES string of the molecule is CC(C)[Si](O)(O[Si](O[C@H]1[C@@H](O[P+]([O-])(OCc2ccccc2)OCc2ccccc2)[C@H](n2cnc3c(N)ncnc32)O[C@@H]1CO[P+]([O-])(O)O[P+]([O-])(O)OC[C@H]1O[C@@H]([n+]2cccc(C(N)=O)c2)[C@H](O)[C@@H]1O)(C(C)C)C(C)C)C(C)C. The Morgan fingerprint density at radius 3 is 1.86 bits per heavy atom. The van der Waals surface area contributed by atoms with E-state index in [0.29, 0.717) is 11.1 Å². The lowest BCUT2D eigenvalue weighted by atomic mass is 10.1. The van der Waals surface area contributed by atoms with Gasteiger partial charge in [0.15, 0.2) is 42.3 Å². The second kappa shape index (κ2) is 25.7. The van der Waals surface area contributed by atoms with Gasteiger partial charge in [-0.2, -0.15) is 37.0 Å². The number of aromatic nitrogens is 5. The molecule has 2 aliphatic rings. The Kier molecular flexibility index (Phi) is 20.4. The van der Waals surface area contributed by atoms with Crippen LogP contribution in [-0.2, 0) is 58.2 Å². The second-order valence-corrected chi connectivity index (χ2v) is 33.3. The summed E-state index contributed by atoms with van der Waals surface area (Å²) in [4.78, 5) is 102. The molecule has 9 N–H and O–H groups in total. The number of phosphoric ester groups is 3. The number of ether oxygens (including phenoxy) is 2. The number of aliphatic hydroxyl groups excluding tert-OH is 2. The van der Waals surface area contributed by atoms with E-state index in [-0.39, 0.29) is 46.8 Å². The van der Waals surface area contributed by atoms with Gasteiger partial charge in [0.05, 0.1) is 6.33 Å². The smallest absolute Gasteiger partial charge is 0.434 e. The number of hydrogen-bond donors (Lipinski definition) is 7. The quantitative estimate of drug-likeness (QED) is 0.0226. The maximum atomic E-state index is 15.5. The van der Waals surface area contributed by atoms with Gasteiger partial charge in [-0.1, -0.05) is 116 Å². The first-order valence-electron chi connectivity index (χ1n) is 25.0. The van der Waals surface area contributed by atoms with E-state index in [1.807, 2.05) is 55.4 Å². The highest BCUT2D eigenvalue weighted by Crippen LogP contribution is 2.66. The number of nitrogen functional groups attached to an aromatic ring is 1. The molecule has 0 radical (unpaired) electrons. The number of aliphatic hydroxyl groups is 2. The van der Waals surface area contributed by atoms with Crippen LogP contribution in [0.2, 0.25) is 22.2 Å². The van der Waals surface area contributed by atoms with E-state index >= 15 is 4.89 Å². The van der Waals surface area contributed by atoms with E-state index in [2.05, 4.69) is 15.0 Å². The number of phosphoric acid groups is 3. The summed E-state index contributed by atoms with van der Waals surface area (Å²) in [5.74, 6) is -0.796. The number of rotatable bonds is 27. The first-order valence-corrected chi connectivity index (χ1v) is 33.4. The van der Waals surface area contributed by atoms with E-state index in [1.165, 1.54) is 46.3 Å². The van der Waals surface area contributed by atoms with E-state index in [9.17, 15) is 39.4 Å². The fourth-order valence-electron chi connectivity index (χ4n) is 9.07. The molecule has 10 atom stereocenters. The predicted octanol–water partition coefficient (Wildman–Crippen LogP) is 2.90. The first kappa shape index (κ1) is 62.0. The highest BCUT2D eigenvalue weighted by atomic mass is 31.3. The molecule has 2 fully saturated rings. The van der Waals surface area contributed by atoms with E-state index in [0.717, 1.165) is 0 Å². The first-order chi connectivity index (χ1) is 36.7. The van der Waals surface area contributed by atoms with Crippen molar-refractivity contribution in [3.63, 3.8) is 0 Å². The lowest BCUT2D eigenvalue weighted by Crippen LogP contribution is -2.62. The monoisotopic (exact) mass is 1180 g/mol. The van der Waals surface area contributed by atoms with Crippen LogP contribution in [0, 0.1) is 0 Å². The zero-order valence-corrected chi connectivity index (χ0v) is 48.9. The van der Waals surface area contributed by atoms with Gasteiger partial charge in [0.2, 0.25) is 0 Å². The summed E-state index contributed by atoms with van der Waals surface area (Å²) < 4.78 is 63.6. The average molecular weight is 1190 g/mol. The Balaban J connectivity index is 1.24. The number of anilines is 1. The van der Waals surface area contributed by atoms with Crippen molar-refractivity contribution in [3.05, 3.63) is 115 Å². The molecule has 0 spiro atoms. The molecule has 7 rings (SSSR count). The average Bonchev–Trinajstić information content (AvgIpc) is 4.16. The zero-order chi connectivity index (χ0) is 57.0. The molecule has 5 aromatic rings. The lowest BCUT2D eigenvalue weighted by molar-refractivity contribution is -0.765. The fourth-order valence-corrected chi connectivity index (χ4v) is 22.4. The van der Waals surface area contributed by atoms with Crippen LogP contribution < -0.4 is 30.7 Å². The Labute approximate surface area is 455 Å². The van der Waals surface area contributed by atoms with Gasteiger partial charge < -0.3 is 59.2 Å². The van der Waals surface area contributed by atoms with Crippen LogP contribution >= 0.6 is 24.5 Å². The van der Waals surface area contributed by atoms with Crippen molar-refractivity contribution >= 4 is 64.5 Å². The number of nitrogens with two attached hydrogens (primary N) is 2. The van der Waals surface area contributed by atoms with Crippen LogP contribution in [0.1, 0.15) is 89.3 Å². The molecule has 0 bridgehead atoms. The molecular weight excluding hydrogens is 1120 g/mol. The molecule has 78 heavy (non-hydrogen) atoms. The third-order valence-corrected chi connectivity index (χ3v) is 27.1. The van der Waals surface area contributed by atoms with Crippen molar-refractivity contribution < 1.29 is 93.8 Å². The van der Waals surface area contributed by atoms with E-state index in [1.54, 1.807) is 60.7 Å². The van der Waals surface area contributed by atoms with E-state index < -0.39 is 121 Å². The molecule has 2 unspecified atom stereocenters. The summed E-state index contributed by atoms with van der Waals surface area (Å²) >= 11 is 0. The Morgan fingerprint density at radius 2 is 1.32 bits per heavy atom. The molecule has 428 valence electrons. The van der Waals surface area contributed by atoms with Crippen LogP contribution in [0.15, 0.2) is 97.8 Å². The molecule has 3 aromatic heterocycles. The standard InChI is InChI=1S/C47H68N7O19P3Si2/c1-29(2)77(63,30(3)4)73-78(31(5)6,32(7)8)71-41-37(26-65-75(60,61)72-74(58,59)64-25-36-39(55)40(56)46(68-36)53-21-15-20-35(22-53)44(49)57)69-47(54-28-52-38-43(48)50-27-51-45(38)54)42(41)70-76(62,66-23-33-16-11-9-12-17-33)67-24-34-18-13-10-14-19-34/h9-22,27-32,36-37,39-42,46-47,55-56,63H,23-26H2,1-8H3,(H5-,48,49,50,51,57,58,59,60,61)/p+1/t36-,37-,39-,40-,41-,42-,46-,47-/m1/s1. The molecule has 26 nitrogen and oxygen atoms in total. The number of primary amides is 1. The number of hydrogen-bond acceptors (Lipinski definition) is 23. The van der Waals surface area contributed by atoms with Crippen LogP contribution in [0.4, 0.5) is 5.82 Å². The van der Waals surface area contributed by atoms with Crippen molar-refractivity contribution in [2.75, 3.05) is 18.9 Å². The number of amides is 1. The molecule has 1 amide bonds. The van der Waals surface area contributed by atoms with Gasteiger partial charge >= 0.3 is 41.6 Å². The number of pyridine rings is 1. The number of carbonyl (C=O) groups excluding carboxylic acids is 1.